The van der Waals surface area contributed by atoms with Crippen molar-refractivity contribution in [3.63, 3.8) is 0 Å². The Bertz CT molecular complexity index is 401. The average molecular weight is 277 g/mol. The molecule has 2 heteroatoms. The van der Waals surface area contributed by atoms with Gasteiger partial charge in [0.1, 0.15) is 5.75 Å². The van der Waals surface area contributed by atoms with Gasteiger partial charge in [0.25, 0.3) is 0 Å². The van der Waals surface area contributed by atoms with E-state index in [9.17, 15) is 0 Å². The second-order valence-electron chi connectivity index (χ2n) is 5.85. The normalized spacial score (nSPS) is 12.4. The molecule has 1 rings (SSSR count). The van der Waals surface area contributed by atoms with Crippen LogP contribution in [0.3, 0.4) is 0 Å². The summed E-state index contributed by atoms with van der Waals surface area (Å²) >= 11 is 0. The van der Waals surface area contributed by atoms with Crippen LogP contribution in [0.5, 0.6) is 5.75 Å². The number of hydrogen-bond acceptors (Lipinski definition) is 2. The third-order valence-electron chi connectivity index (χ3n) is 3.89. The van der Waals surface area contributed by atoms with Crippen LogP contribution in [0.4, 0.5) is 0 Å². The third kappa shape index (κ3) is 5.54. The molecule has 114 valence electrons. The van der Waals surface area contributed by atoms with E-state index in [0.717, 1.165) is 25.3 Å². The maximum absolute atomic E-state index is 5.99. The van der Waals surface area contributed by atoms with Gasteiger partial charge in [-0.05, 0) is 76.6 Å². The molecule has 1 aromatic carbocycles. The van der Waals surface area contributed by atoms with Gasteiger partial charge in [-0.2, -0.15) is 0 Å². The SMILES string of the molecule is CCCNC(C)CCCCOc1c(C)ccc(C)c1C. The zero-order valence-electron chi connectivity index (χ0n) is 13.9. The van der Waals surface area contributed by atoms with Crippen molar-refractivity contribution in [3.8, 4) is 5.75 Å². The fraction of sp³-hybridized carbons (Fsp3) is 0.667. The summed E-state index contributed by atoms with van der Waals surface area (Å²) in [6.07, 6.45) is 4.79. The highest BCUT2D eigenvalue weighted by molar-refractivity contribution is 5.44. The first-order valence-corrected chi connectivity index (χ1v) is 7.99. The van der Waals surface area contributed by atoms with Crippen molar-refractivity contribution in [3.05, 3.63) is 28.8 Å². The molecule has 0 amide bonds. The Morgan fingerprint density at radius 3 is 2.50 bits per heavy atom. The lowest BCUT2D eigenvalue weighted by Crippen LogP contribution is -2.26. The molecule has 0 saturated carbocycles. The maximum atomic E-state index is 5.99. The predicted octanol–water partition coefficient (Wildman–Crippen LogP) is 4.55. The molecule has 0 spiro atoms. The number of nitrogens with one attached hydrogen (secondary N) is 1. The first-order valence-electron chi connectivity index (χ1n) is 7.99. The van der Waals surface area contributed by atoms with Crippen LogP contribution in [-0.2, 0) is 0 Å². The number of ether oxygens (including phenoxy) is 1. The van der Waals surface area contributed by atoms with Crippen LogP contribution in [0, 0.1) is 20.8 Å². The van der Waals surface area contributed by atoms with E-state index in [1.807, 2.05) is 0 Å². The summed E-state index contributed by atoms with van der Waals surface area (Å²) in [5.74, 6) is 1.09. The van der Waals surface area contributed by atoms with Crippen molar-refractivity contribution in [2.24, 2.45) is 0 Å². The minimum absolute atomic E-state index is 0.623. The summed E-state index contributed by atoms with van der Waals surface area (Å²) in [5, 5.41) is 3.53. The van der Waals surface area contributed by atoms with Gasteiger partial charge in [0.2, 0.25) is 0 Å². The van der Waals surface area contributed by atoms with Gasteiger partial charge in [-0.15, -0.1) is 0 Å². The van der Waals surface area contributed by atoms with Crippen molar-refractivity contribution in [2.75, 3.05) is 13.2 Å². The summed E-state index contributed by atoms with van der Waals surface area (Å²) in [4.78, 5) is 0. The molecular formula is C18H31NO. The standard InChI is InChI=1S/C18H31NO/c1-6-12-19-16(4)9-7-8-13-20-18-15(3)11-10-14(2)17(18)5/h10-11,16,19H,6-9,12-13H2,1-5H3. The highest BCUT2D eigenvalue weighted by atomic mass is 16.5. The first kappa shape index (κ1) is 17.0. The number of hydrogen-bond donors (Lipinski definition) is 1. The minimum Gasteiger partial charge on any atom is -0.493 e. The number of aryl methyl sites for hydroxylation is 2. The Hall–Kier alpha value is -1.02. The monoisotopic (exact) mass is 277 g/mol. The molecule has 0 aliphatic rings. The molecule has 0 fully saturated rings. The summed E-state index contributed by atoms with van der Waals surface area (Å²) in [6.45, 7) is 12.8. The van der Waals surface area contributed by atoms with Crippen molar-refractivity contribution in [2.45, 2.75) is 66.3 Å². The zero-order chi connectivity index (χ0) is 15.0. The van der Waals surface area contributed by atoms with E-state index in [1.54, 1.807) is 0 Å². The first-order chi connectivity index (χ1) is 9.56. The molecule has 0 heterocycles. The highest BCUT2D eigenvalue weighted by Crippen LogP contribution is 2.25. The number of unbranched alkanes of at least 4 members (excludes halogenated alkanes) is 1. The largest absolute Gasteiger partial charge is 0.493 e. The molecule has 2 nitrogen and oxygen atoms in total. The van der Waals surface area contributed by atoms with Crippen molar-refractivity contribution in [1.29, 1.82) is 0 Å². The number of benzene rings is 1. The molecule has 0 radical (unpaired) electrons. The van der Waals surface area contributed by atoms with Crippen LogP contribution in [0.1, 0.15) is 56.2 Å². The molecule has 1 aromatic rings. The Kier molecular flexibility index (Phi) is 7.68. The topological polar surface area (TPSA) is 21.3 Å². The summed E-state index contributed by atoms with van der Waals surface area (Å²) in [6, 6.07) is 4.94. The highest BCUT2D eigenvalue weighted by Gasteiger charge is 2.06. The van der Waals surface area contributed by atoms with E-state index >= 15 is 0 Å². The lowest BCUT2D eigenvalue weighted by molar-refractivity contribution is 0.297. The second kappa shape index (κ2) is 9.02. The van der Waals surface area contributed by atoms with Crippen molar-refractivity contribution >= 4 is 0 Å². The van der Waals surface area contributed by atoms with E-state index in [-0.39, 0.29) is 0 Å². The number of rotatable bonds is 9. The van der Waals surface area contributed by atoms with E-state index in [0.29, 0.717) is 6.04 Å². The van der Waals surface area contributed by atoms with Crippen molar-refractivity contribution in [1.82, 2.24) is 5.32 Å². The minimum atomic E-state index is 0.623. The smallest absolute Gasteiger partial charge is 0.125 e. The zero-order valence-corrected chi connectivity index (χ0v) is 13.9. The van der Waals surface area contributed by atoms with Gasteiger partial charge in [0.15, 0.2) is 0 Å². The lowest BCUT2D eigenvalue weighted by atomic mass is 10.1. The molecule has 0 aromatic heterocycles. The Morgan fingerprint density at radius 1 is 1.10 bits per heavy atom. The van der Waals surface area contributed by atoms with Crippen LogP contribution >= 0.6 is 0 Å². The molecular weight excluding hydrogens is 246 g/mol. The molecule has 0 saturated heterocycles. The van der Waals surface area contributed by atoms with Crippen LogP contribution in [0.2, 0.25) is 0 Å². The van der Waals surface area contributed by atoms with E-state index < -0.39 is 0 Å². The quantitative estimate of drug-likeness (QED) is 0.669. The van der Waals surface area contributed by atoms with Gasteiger partial charge in [-0.1, -0.05) is 19.1 Å². The van der Waals surface area contributed by atoms with E-state index in [1.165, 1.54) is 36.0 Å². The molecule has 1 N–H and O–H groups in total. The molecule has 20 heavy (non-hydrogen) atoms. The summed E-state index contributed by atoms with van der Waals surface area (Å²) < 4.78 is 5.99. The van der Waals surface area contributed by atoms with Gasteiger partial charge in [-0.25, -0.2) is 0 Å². The molecule has 0 aliphatic carbocycles. The maximum Gasteiger partial charge on any atom is 0.125 e. The van der Waals surface area contributed by atoms with Crippen LogP contribution < -0.4 is 10.1 Å². The Balaban J connectivity index is 2.27. The van der Waals surface area contributed by atoms with Gasteiger partial charge >= 0.3 is 0 Å². The average Bonchev–Trinajstić information content (AvgIpc) is 2.43. The Labute approximate surface area is 124 Å². The van der Waals surface area contributed by atoms with Crippen LogP contribution in [-0.4, -0.2) is 19.2 Å². The Morgan fingerprint density at radius 2 is 1.80 bits per heavy atom. The van der Waals surface area contributed by atoms with Gasteiger partial charge in [0.05, 0.1) is 6.61 Å². The molecule has 0 bridgehead atoms. The van der Waals surface area contributed by atoms with Crippen LogP contribution in [0.15, 0.2) is 12.1 Å². The van der Waals surface area contributed by atoms with E-state index in [2.05, 4.69) is 52.1 Å². The van der Waals surface area contributed by atoms with Gasteiger partial charge in [0, 0.05) is 6.04 Å². The van der Waals surface area contributed by atoms with Crippen LogP contribution in [0.25, 0.3) is 0 Å². The molecule has 0 aliphatic heterocycles. The van der Waals surface area contributed by atoms with Gasteiger partial charge in [-0.3, -0.25) is 0 Å². The fourth-order valence-electron chi connectivity index (χ4n) is 2.37. The third-order valence-corrected chi connectivity index (χ3v) is 3.89. The van der Waals surface area contributed by atoms with Gasteiger partial charge < -0.3 is 10.1 Å². The van der Waals surface area contributed by atoms with Crippen molar-refractivity contribution < 1.29 is 4.74 Å². The molecule has 1 atom stereocenters. The summed E-state index contributed by atoms with van der Waals surface area (Å²) in [7, 11) is 0. The second-order valence-corrected chi connectivity index (χ2v) is 5.85. The lowest BCUT2D eigenvalue weighted by Gasteiger charge is -2.15. The van der Waals surface area contributed by atoms with E-state index in [4.69, 9.17) is 4.74 Å². The fourth-order valence-corrected chi connectivity index (χ4v) is 2.37. The molecule has 1 unspecified atom stereocenters. The predicted molar refractivity (Wildman–Crippen MR) is 87.8 cm³/mol. The summed E-state index contributed by atoms with van der Waals surface area (Å²) in [5.41, 5.74) is 3.83.